The molecule has 6 nitrogen and oxygen atoms in total. The second-order valence-electron chi connectivity index (χ2n) is 6.58. The highest BCUT2D eigenvalue weighted by Crippen LogP contribution is 2.19. The molecule has 0 spiro atoms. The highest BCUT2D eigenvalue weighted by atomic mass is 16.5. The zero-order valence-corrected chi connectivity index (χ0v) is 15.0. The van der Waals surface area contributed by atoms with E-state index in [9.17, 15) is 4.79 Å². The second kappa shape index (κ2) is 7.70. The van der Waals surface area contributed by atoms with Crippen molar-refractivity contribution in [2.45, 2.75) is 39.3 Å². The van der Waals surface area contributed by atoms with Gasteiger partial charge in [0.1, 0.15) is 11.5 Å². The molecule has 1 N–H and O–H groups in total. The SMILES string of the molecule is COc1cccc(C(=O)N[C@@H]2CCCN(Cc3c(C)noc3C)C2)c1. The summed E-state index contributed by atoms with van der Waals surface area (Å²) in [5, 5.41) is 7.17. The van der Waals surface area contributed by atoms with E-state index in [0.29, 0.717) is 11.3 Å². The Bertz CT molecular complexity index is 722. The van der Waals surface area contributed by atoms with Gasteiger partial charge in [0.2, 0.25) is 0 Å². The minimum absolute atomic E-state index is 0.0527. The van der Waals surface area contributed by atoms with Crippen LogP contribution in [-0.2, 0) is 6.54 Å². The van der Waals surface area contributed by atoms with Crippen molar-refractivity contribution in [1.29, 1.82) is 0 Å². The molecule has 0 bridgehead atoms. The van der Waals surface area contributed by atoms with Crippen molar-refractivity contribution >= 4 is 5.91 Å². The van der Waals surface area contributed by atoms with Gasteiger partial charge in [-0.1, -0.05) is 11.2 Å². The van der Waals surface area contributed by atoms with E-state index in [1.807, 2.05) is 32.0 Å². The van der Waals surface area contributed by atoms with Crippen LogP contribution in [0.2, 0.25) is 0 Å². The number of hydrogen-bond acceptors (Lipinski definition) is 5. The first-order valence-corrected chi connectivity index (χ1v) is 8.66. The maximum Gasteiger partial charge on any atom is 0.251 e. The number of rotatable bonds is 5. The lowest BCUT2D eigenvalue weighted by atomic mass is 10.0. The number of likely N-dealkylation sites (tertiary alicyclic amines) is 1. The van der Waals surface area contributed by atoms with E-state index in [4.69, 9.17) is 9.26 Å². The summed E-state index contributed by atoms with van der Waals surface area (Å²) in [6.45, 7) is 6.58. The molecule has 0 unspecified atom stereocenters. The molecule has 2 heterocycles. The van der Waals surface area contributed by atoms with Crippen LogP contribution in [0.3, 0.4) is 0 Å². The Labute approximate surface area is 148 Å². The average Bonchev–Trinajstić information content (AvgIpc) is 2.94. The summed E-state index contributed by atoms with van der Waals surface area (Å²) in [5.41, 5.74) is 2.72. The molecule has 3 rings (SSSR count). The highest BCUT2D eigenvalue weighted by Gasteiger charge is 2.23. The van der Waals surface area contributed by atoms with Crippen molar-refractivity contribution in [2.75, 3.05) is 20.2 Å². The van der Waals surface area contributed by atoms with Crippen molar-refractivity contribution in [3.8, 4) is 5.75 Å². The largest absolute Gasteiger partial charge is 0.497 e. The standard InChI is InChI=1S/C19H25N3O3/c1-13-18(14(2)25-21-13)12-22-9-5-7-16(11-22)20-19(23)15-6-4-8-17(10-15)24-3/h4,6,8,10,16H,5,7,9,11-12H2,1-3H3,(H,20,23)/t16-/m1/s1. The van der Waals surface area contributed by atoms with Crippen LogP contribution in [0.4, 0.5) is 0 Å². The molecule has 6 heteroatoms. The number of ether oxygens (including phenoxy) is 1. The first-order chi connectivity index (χ1) is 12.1. The van der Waals surface area contributed by atoms with Crippen molar-refractivity contribution in [3.63, 3.8) is 0 Å². The Morgan fingerprint density at radius 1 is 1.44 bits per heavy atom. The summed E-state index contributed by atoms with van der Waals surface area (Å²) in [7, 11) is 1.60. The Morgan fingerprint density at radius 3 is 3.00 bits per heavy atom. The predicted octanol–water partition coefficient (Wildman–Crippen LogP) is 2.69. The summed E-state index contributed by atoms with van der Waals surface area (Å²) in [6, 6.07) is 7.39. The third-order valence-corrected chi connectivity index (χ3v) is 4.74. The summed E-state index contributed by atoms with van der Waals surface area (Å²) < 4.78 is 10.4. The van der Waals surface area contributed by atoms with Gasteiger partial charge in [0.05, 0.1) is 12.8 Å². The number of aryl methyl sites for hydroxylation is 2. The lowest BCUT2D eigenvalue weighted by Crippen LogP contribution is -2.47. The molecule has 1 aliphatic rings. The molecule has 0 saturated carbocycles. The Balaban J connectivity index is 1.60. The van der Waals surface area contributed by atoms with Gasteiger partial charge in [0.15, 0.2) is 0 Å². The molecule has 25 heavy (non-hydrogen) atoms. The summed E-state index contributed by atoms with van der Waals surface area (Å²) in [4.78, 5) is 14.9. The van der Waals surface area contributed by atoms with Crippen molar-refractivity contribution in [2.24, 2.45) is 0 Å². The summed E-state index contributed by atoms with van der Waals surface area (Å²) in [5.74, 6) is 1.51. The molecule has 2 aromatic rings. The lowest BCUT2D eigenvalue weighted by molar-refractivity contribution is 0.0900. The van der Waals surface area contributed by atoms with Gasteiger partial charge in [0.25, 0.3) is 5.91 Å². The first kappa shape index (κ1) is 17.5. The van der Waals surface area contributed by atoms with Gasteiger partial charge in [-0.3, -0.25) is 9.69 Å². The third-order valence-electron chi connectivity index (χ3n) is 4.74. The minimum atomic E-state index is -0.0527. The van der Waals surface area contributed by atoms with Crippen LogP contribution in [0.15, 0.2) is 28.8 Å². The predicted molar refractivity (Wildman–Crippen MR) is 94.7 cm³/mol. The van der Waals surface area contributed by atoms with Gasteiger partial charge in [-0.2, -0.15) is 0 Å². The molecule has 1 aromatic carbocycles. The lowest BCUT2D eigenvalue weighted by Gasteiger charge is -2.33. The van der Waals surface area contributed by atoms with Gasteiger partial charge in [0, 0.05) is 30.3 Å². The first-order valence-electron chi connectivity index (χ1n) is 8.66. The fraction of sp³-hybridized carbons (Fsp3) is 0.474. The van der Waals surface area contributed by atoms with Gasteiger partial charge in [-0.25, -0.2) is 0 Å². The summed E-state index contributed by atoms with van der Waals surface area (Å²) in [6.07, 6.45) is 2.06. The number of piperidine rings is 1. The third kappa shape index (κ3) is 4.20. The topological polar surface area (TPSA) is 67.6 Å². The van der Waals surface area contributed by atoms with Crippen LogP contribution in [-0.4, -0.2) is 42.2 Å². The van der Waals surface area contributed by atoms with Gasteiger partial charge < -0.3 is 14.6 Å². The van der Waals surface area contributed by atoms with E-state index in [-0.39, 0.29) is 11.9 Å². The molecular formula is C19H25N3O3. The number of nitrogens with zero attached hydrogens (tertiary/aromatic N) is 2. The van der Waals surface area contributed by atoms with Crippen molar-refractivity contribution < 1.29 is 14.1 Å². The maximum absolute atomic E-state index is 12.5. The molecular weight excluding hydrogens is 318 g/mol. The van der Waals surface area contributed by atoms with Crippen LogP contribution in [0.1, 0.15) is 40.2 Å². The minimum Gasteiger partial charge on any atom is -0.497 e. The maximum atomic E-state index is 12.5. The van der Waals surface area contributed by atoms with E-state index in [1.165, 1.54) is 0 Å². The van der Waals surface area contributed by atoms with E-state index in [2.05, 4.69) is 15.4 Å². The van der Waals surface area contributed by atoms with E-state index < -0.39 is 0 Å². The smallest absolute Gasteiger partial charge is 0.251 e. The monoisotopic (exact) mass is 343 g/mol. The molecule has 134 valence electrons. The molecule has 1 fully saturated rings. The molecule has 0 aliphatic carbocycles. The number of aromatic nitrogens is 1. The number of methoxy groups -OCH3 is 1. The molecule has 1 aromatic heterocycles. The van der Waals surface area contributed by atoms with Gasteiger partial charge in [-0.15, -0.1) is 0 Å². The molecule has 1 aliphatic heterocycles. The van der Waals surface area contributed by atoms with E-state index >= 15 is 0 Å². The Kier molecular flexibility index (Phi) is 5.38. The molecule has 1 amide bonds. The number of hydrogen-bond donors (Lipinski definition) is 1. The van der Waals surface area contributed by atoms with Crippen LogP contribution in [0, 0.1) is 13.8 Å². The van der Waals surface area contributed by atoms with Gasteiger partial charge >= 0.3 is 0 Å². The van der Waals surface area contributed by atoms with Crippen LogP contribution in [0.25, 0.3) is 0 Å². The van der Waals surface area contributed by atoms with Crippen molar-refractivity contribution in [1.82, 2.24) is 15.4 Å². The Morgan fingerprint density at radius 2 is 2.28 bits per heavy atom. The average molecular weight is 343 g/mol. The van der Waals surface area contributed by atoms with E-state index in [0.717, 1.165) is 49.5 Å². The number of amides is 1. The summed E-state index contributed by atoms with van der Waals surface area (Å²) >= 11 is 0. The number of nitrogens with one attached hydrogen (secondary N) is 1. The van der Waals surface area contributed by atoms with Gasteiger partial charge in [-0.05, 0) is 51.4 Å². The Hall–Kier alpha value is -2.34. The number of carbonyl (C=O) groups is 1. The quantitative estimate of drug-likeness (QED) is 0.904. The van der Waals surface area contributed by atoms with Crippen LogP contribution in [0.5, 0.6) is 5.75 Å². The number of carbonyl (C=O) groups excluding carboxylic acids is 1. The number of benzene rings is 1. The second-order valence-corrected chi connectivity index (χ2v) is 6.58. The highest BCUT2D eigenvalue weighted by molar-refractivity contribution is 5.94. The molecule has 1 saturated heterocycles. The zero-order chi connectivity index (χ0) is 17.8. The fourth-order valence-electron chi connectivity index (χ4n) is 3.30. The van der Waals surface area contributed by atoms with E-state index in [1.54, 1.807) is 13.2 Å². The molecule has 1 atom stereocenters. The molecule has 0 radical (unpaired) electrons. The zero-order valence-electron chi connectivity index (χ0n) is 15.0. The normalized spacial score (nSPS) is 18.1. The fourth-order valence-corrected chi connectivity index (χ4v) is 3.30. The van der Waals surface area contributed by atoms with Crippen LogP contribution < -0.4 is 10.1 Å². The van der Waals surface area contributed by atoms with Crippen LogP contribution >= 0.6 is 0 Å². The van der Waals surface area contributed by atoms with Crippen molar-refractivity contribution in [3.05, 3.63) is 46.8 Å².